The van der Waals surface area contributed by atoms with Gasteiger partial charge in [-0.15, -0.1) is 0 Å². The van der Waals surface area contributed by atoms with Crippen LogP contribution in [0.25, 0.3) is 0 Å². The Hall–Kier alpha value is -3.34. The molecule has 1 heterocycles. The van der Waals surface area contributed by atoms with E-state index in [1.54, 1.807) is 17.0 Å². The molecule has 0 aliphatic carbocycles. The SMILES string of the molecule is COC[C@H](CC(=O)[C@@H](N)CCF)C(=O)N[C@@]1(Cc2ccc(Cl)cc2)CCCN(C(=O)[C@@H](CC(=O)O)Cc2ccccc2)C1. The van der Waals surface area contributed by atoms with Crippen LogP contribution in [0.4, 0.5) is 4.39 Å². The zero-order chi connectivity index (χ0) is 31.4. The number of nitrogens with one attached hydrogen (secondary N) is 1. The number of likely N-dealkylation sites (tertiary alicyclic amines) is 1. The number of carbonyl (C=O) groups is 4. The monoisotopic (exact) mass is 617 g/mol. The number of nitrogens with zero attached hydrogens (tertiary/aromatic N) is 1. The first-order valence-electron chi connectivity index (χ1n) is 14.5. The van der Waals surface area contributed by atoms with Gasteiger partial charge in [0.1, 0.15) is 0 Å². The fourth-order valence-corrected chi connectivity index (χ4v) is 5.81. The van der Waals surface area contributed by atoms with Crippen LogP contribution in [0.1, 0.15) is 43.2 Å². The van der Waals surface area contributed by atoms with Gasteiger partial charge in [0.25, 0.3) is 0 Å². The molecule has 0 spiro atoms. The highest BCUT2D eigenvalue weighted by Crippen LogP contribution is 2.29. The van der Waals surface area contributed by atoms with Crippen LogP contribution >= 0.6 is 11.6 Å². The molecule has 4 N–H and O–H groups in total. The van der Waals surface area contributed by atoms with Gasteiger partial charge in [0.15, 0.2) is 5.78 Å². The van der Waals surface area contributed by atoms with Crippen molar-refractivity contribution in [3.63, 3.8) is 0 Å². The number of halogens is 2. The van der Waals surface area contributed by atoms with Crippen LogP contribution in [-0.4, -0.2) is 78.6 Å². The lowest BCUT2D eigenvalue weighted by Gasteiger charge is -2.45. The van der Waals surface area contributed by atoms with E-state index in [1.165, 1.54) is 7.11 Å². The largest absolute Gasteiger partial charge is 0.481 e. The summed E-state index contributed by atoms with van der Waals surface area (Å²) in [7, 11) is 1.42. The average Bonchev–Trinajstić information content (AvgIpc) is 2.98. The van der Waals surface area contributed by atoms with Gasteiger partial charge < -0.3 is 25.8 Å². The van der Waals surface area contributed by atoms with Crippen molar-refractivity contribution in [2.24, 2.45) is 17.6 Å². The second kappa shape index (κ2) is 16.5. The number of hydrogen-bond acceptors (Lipinski definition) is 6. The first kappa shape index (κ1) is 34.2. The number of methoxy groups -OCH3 is 1. The number of amides is 2. The van der Waals surface area contributed by atoms with Crippen molar-refractivity contribution in [2.75, 3.05) is 33.5 Å². The molecule has 0 radical (unpaired) electrons. The third-order valence-corrected chi connectivity index (χ3v) is 8.10. The van der Waals surface area contributed by atoms with Gasteiger partial charge in [-0.25, -0.2) is 0 Å². The molecule has 11 heteroatoms. The fourth-order valence-electron chi connectivity index (χ4n) is 5.68. The van der Waals surface area contributed by atoms with Crippen molar-refractivity contribution in [3.05, 3.63) is 70.7 Å². The molecule has 43 heavy (non-hydrogen) atoms. The lowest BCUT2D eigenvalue weighted by molar-refractivity contribution is -0.146. The number of nitrogens with two attached hydrogens (primary N) is 1. The molecule has 234 valence electrons. The van der Waals surface area contributed by atoms with E-state index in [0.29, 0.717) is 30.8 Å². The zero-order valence-corrected chi connectivity index (χ0v) is 25.2. The minimum atomic E-state index is -1.06. The number of Topliss-reactive ketones (excluding diaryl/α,β-unsaturated/α-hetero) is 1. The number of ether oxygens (including phenoxy) is 1. The summed E-state index contributed by atoms with van der Waals surface area (Å²) >= 11 is 6.10. The molecule has 2 amide bonds. The van der Waals surface area contributed by atoms with Crippen molar-refractivity contribution >= 4 is 35.2 Å². The zero-order valence-electron chi connectivity index (χ0n) is 24.5. The van der Waals surface area contributed by atoms with E-state index < -0.39 is 47.8 Å². The molecular formula is C32H41ClFN3O6. The van der Waals surface area contributed by atoms with Crippen LogP contribution in [-0.2, 0) is 36.8 Å². The number of rotatable bonds is 16. The standard InChI is InChI=1S/C32H41ClFN3O6/c1-43-20-25(17-28(38)27(35)12-14-34)30(41)36-32(19-23-8-10-26(33)11-9-23)13-5-15-37(21-32)31(42)24(18-29(39)40)16-22-6-3-2-4-7-22/h2-4,6-11,24-25,27H,5,12-21,35H2,1H3,(H,36,41)(H,39,40)/t24-,25+,27+,32-/m1/s1. The molecule has 1 aliphatic rings. The molecule has 9 nitrogen and oxygen atoms in total. The van der Waals surface area contributed by atoms with Crippen LogP contribution in [0.3, 0.4) is 0 Å². The maximum absolute atomic E-state index is 13.9. The van der Waals surface area contributed by atoms with Crippen molar-refractivity contribution in [2.45, 2.75) is 56.5 Å². The van der Waals surface area contributed by atoms with Gasteiger partial charge >= 0.3 is 5.97 Å². The summed E-state index contributed by atoms with van der Waals surface area (Å²) < 4.78 is 18.0. The van der Waals surface area contributed by atoms with Crippen molar-refractivity contribution in [1.29, 1.82) is 0 Å². The minimum Gasteiger partial charge on any atom is -0.481 e. The summed E-state index contributed by atoms with van der Waals surface area (Å²) in [6.07, 6.45) is 1.10. The molecule has 0 aromatic heterocycles. The summed E-state index contributed by atoms with van der Waals surface area (Å²) in [5, 5.41) is 13.3. The maximum Gasteiger partial charge on any atom is 0.304 e. The van der Waals surface area contributed by atoms with Crippen molar-refractivity contribution in [1.82, 2.24) is 10.2 Å². The van der Waals surface area contributed by atoms with Crippen LogP contribution < -0.4 is 11.1 Å². The quantitative estimate of drug-likeness (QED) is 0.262. The Labute approximate surface area is 256 Å². The number of aliphatic carboxylic acids is 1. The Balaban J connectivity index is 1.88. The van der Waals surface area contributed by atoms with E-state index in [9.17, 15) is 28.7 Å². The molecule has 2 aromatic carbocycles. The molecular weight excluding hydrogens is 577 g/mol. The summed E-state index contributed by atoms with van der Waals surface area (Å²) in [5.41, 5.74) is 6.64. The lowest BCUT2D eigenvalue weighted by atomic mass is 9.81. The van der Waals surface area contributed by atoms with Gasteiger partial charge in [0, 0.05) is 31.6 Å². The summed E-state index contributed by atoms with van der Waals surface area (Å²) in [6, 6.07) is 15.5. The molecule has 0 saturated carbocycles. The molecule has 0 unspecified atom stereocenters. The Morgan fingerprint density at radius 3 is 2.40 bits per heavy atom. The highest BCUT2D eigenvalue weighted by Gasteiger charge is 2.41. The van der Waals surface area contributed by atoms with Gasteiger partial charge in [-0.05, 0) is 55.4 Å². The predicted octanol–water partition coefficient (Wildman–Crippen LogP) is 3.60. The van der Waals surface area contributed by atoms with E-state index in [4.69, 9.17) is 22.1 Å². The van der Waals surface area contributed by atoms with E-state index in [-0.39, 0.29) is 44.7 Å². The summed E-state index contributed by atoms with van der Waals surface area (Å²) in [5.74, 6) is -3.87. The number of carboxylic acid groups (broad SMARTS) is 1. The van der Waals surface area contributed by atoms with Gasteiger partial charge in [0.05, 0.1) is 43.1 Å². The highest BCUT2D eigenvalue weighted by molar-refractivity contribution is 6.30. The van der Waals surface area contributed by atoms with E-state index in [2.05, 4.69) is 5.32 Å². The van der Waals surface area contributed by atoms with Gasteiger partial charge in [0.2, 0.25) is 11.8 Å². The summed E-state index contributed by atoms with van der Waals surface area (Å²) in [6.45, 7) is -0.215. The number of carbonyl (C=O) groups excluding carboxylic acids is 3. The molecule has 1 saturated heterocycles. The van der Waals surface area contributed by atoms with E-state index in [1.807, 2.05) is 42.5 Å². The van der Waals surface area contributed by atoms with Crippen molar-refractivity contribution in [3.8, 4) is 0 Å². The van der Waals surface area contributed by atoms with Crippen LogP contribution in [0.2, 0.25) is 5.02 Å². The van der Waals surface area contributed by atoms with E-state index in [0.717, 1.165) is 11.1 Å². The molecule has 3 rings (SSSR count). The first-order valence-corrected chi connectivity index (χ1v) is 14.9. The fraction of sp³-hybridized carbons (Fsp3) is 0.500. The smallest absolute Gasteiger partial charge is 0.304 e. The molecule has 1 fully saturated rings. The van der Waals surface area contributed by atoms with Crippen LogP contribution in [0, 0.1) is 11.8 Å². The topological polar surface area (TPSA) is 139 Å². The normalized spacial score (nSPS) is 18.8. The van der Waals surface area contributed by atoms with Gasteiger partial charge in [-0.3, -0.25) is 23.6 Å². The minimum absolute atomic E-state index is 0.0443. The highest BCUT2D eigenvalue weighted by atomic mass is 35.5. The number of benzene rings is 2. The number of hydrogen-bond donors (Lipinski definition) is 3. The number of piperidine rings is 1. The molecule has 0 bridgehead atoms. The first-order chi connectivity index (χ1) is 20.6. The number of alkyl halides is 1. The second-order valence-corrected chi connectivity index (χ2v) is 11.8. The van der Waals surface area contributed by atoms with Gasteiger partial charge in [-0.1, -0.05) is 54.1 Å². The predicted molar refractivity (Wildman–Crippen MR) is 161 cm³/mol. The van der Waals surface area contributed by atoms with Crippen LogP contribution in [0.5, 0.6) is 0 Å². The Morgan fingerprint density at radius 1 is 1.07 bits per heavy atom. The van der Waals surface area contributed by atoms with Crippen LogP contribution in [0.15, 0.2) is 54.6 Å². The second-order valence-electron chi connectivity index (χ2n) is 11.3. The van der Waals surface area contributed by atoms with E-state index >= 15 is 0 Å². The Kier molecular flexibility index (Phi) is 13.1. The molecule has 4 atom stereocenters. The third-order valence-electron chi connectivity index (χ3n) is 7.85. The van der Waals surface area contributed by atoms with Gasteiger partial charge in [-0.2, -0.15) is 0 Å². The Bertz CT molecular complexity index is 1230. The molecule has 2 aromatic rings. The maximum atomic E-state index is 13.9. The number of ketones is 1. The summed E-state index contributed by atoms with van der Waals surface area (Å²) in [4.78, 5) is 53.6. The van der Waals surface area contributed by atoms with Crippen molar-refractivity contribution < 1.29 is 33.4 Å². The lowest BCUT2D eigenvalue weighted by Crippen LogP contribution is -2.62. The Morgan fingerprint density at radius 2 is 1.77 bits per heavy atom. The number of carboxylic acids is 1. The third kappa shape index (κ3) is 10.4. The average molecular weight is 618 g/mol. The molecule has 1 aliphatic heterocycles.